The Labute approximate surface area is 212 Å². The topological polar surface area (TPSA) is 0 Å². The van der Waals surface area contributed by atoms with Crippen molar-refractivity contribution in [2.45, 2.75) is 97.8 Å². The molecule has 1 aromatic rings. The molecule has 2 fully saturated rings. The second kappa shape index (κ2) is 11.1. The molecule has 4 unspecified atom stereocenters. The molecule has 2 saturated carbocycles. The summed E-state index contributed by atoms with van der Waals surface area (Å²) in [5, 5.41) is 0. The van der Waals surface area contributed by atoms with Gasteiger partial charge >= 0.3 is 0 Å². The molecule has 33 heavy (non-hydrogen) atoms. The van der Waals surface area contributed by atoms with E-state index >= 15 is 0 Å². The van der Waals surface area contributed by atoms with Crippen LogP contribution >= 0.6 is 15.9 Å². The second-order valence-corrected chi connectivity index (χ2v) is 12.3. The summed E-state index contributed by atoms with van der Waals surface area (Å²) in [7, 11) is 0. The van der Waals surface area contributed by atoms with E-state index in [0.717, 1.165) is 29.6 Å². The minimum Gasteiger partial charge on any atom is -0.0885 e. The largest absolute Gasteiger partial charge is 0.0885 e. The summed E-state index contributed by atoms with van der Waals surface area (Å²) in [6.07, 6.45) is 20.5. The number of halogens is 1. The van der Waals surface area contributed by atoms with Gasteiger partial charge in [0.2, 0.25) is 0 Å². The van der Waals surface area contributed by atoms with E-state index in [-0.39, 0.29) is 0 Å². The second-order valence-electron chi connectivity index (χ2n) is 11.4. The molecule has 4 atom stereocenters. The fourth-order valence-corrected chi connectivity index (χ4v) is 7.93. The lowest BCUT2D eigenvalue weighted by molar-refractivity contribution is 0.186. The Morgan fingerprint density at radius 3 is 2.42 bits per heavy atom. The minimum atomic E-state index is 0.407. The SMILES string of the molecule is CCC(C)CCC=CCCC1=C(C)C2CC2(C(C)C2CCC(c3ccccc3)CC2)C(Br)=C1. The van der Waals surface area contributed by atoms with Crippen LogP contribution in [0.4, 0.5) is 0 Å². The van der Waals surface area contributed by atoms with Crippen molar-refractivity contribution in [3.63, 3.8) is 0 Å². The molecule has 1 aromatic carbocycles. The van der Waals surface area contributed by atoms with Gasteiger partial charge in [-0.3, -0.25) is 0 Å². The van der Waals surface area contributed by atoms with Gasteiger partial charge in [0.05, 0.1) is 0 Å². The highest BCUT2D eigenvalue weighted by Crippen LogP contribution is 2.71. The highest BCUT2D eigenvalue weighted by Gasteiger charge is 2.62. The van der Waals surface area contributed by atoms with Gasteiger partial charge in [-0.1, -0.05) is 91.2 Å². The van der Waals surface area contributed by atoms with Crippen LogP contribution in [0.3, 0.4) is 0 Å². The predicted octanol–water partition coefficient (Wildman–Crippen LogP) is 10.4. The van der Waals surface area contributed by atoms with E-state index in [9.17, 15) is 0 Å². The molecular weight excluding hydrogens is 464 g/mol. The Bertz CT molecular complexity index is 867. The zero-order valence-corrected chi connectivity index (χ0v) is 23.0. The van der Waals surface area contributed by atoms with Crippen LogP contribution in [0.15, 0.2) is 64.2 Å². The average Bonchev–Trinajstić information content (AvgIpc) is 3.62. The van der Waals surface area contributed by atoms with Crippen molar-refractivity contribution >= 4 is 15.9 Å². The summed E-state index contributed by atoms with van der Waals surface area (Å²) in [4.78, 5) is 0. The highest BCUT2D eigenvalue weighted by atomic mass is 79.9. The van der Waals surface area contributed by atoms with Crippen molar-refractivity contribution in [3.8, 4) is 0 Å². The molecule has 4 rings (SSSR count). The molecule has 0 spiro atoms. The number of hydrogen-bond acceptors (Lipinski definition) is 0. The third-order valence-electron chi connectivity index (χ3n) is 9.61. The lowest BCUT2D eigenvalue weighted by Gasteiger charge is -2.38. The summed E-state index contributed by atoms with van der Waals surface area (Å²) in [6.45, 7) is 9.67. The zero-order chi connectivity index (χ0) is 23.4. The molecular formula is C32H45Br. The van der Waals surface area contributed by atoms with Crippen LogP contribution in [0.1, 0.15) is 103 Å². The van der Waals surface area contributed by atoms with Crippen molar-refractivity contribution in [2.75, 3.05) is 0 Å². The summed E-state index contributed by atoms with van der Waals surface area (Å²) < 4.78 is 1.51. The Hall–Kier alpha value is -1.08. The van der Waals surface area contributed by atoms with Crippen LogP contribution in [0.5, 0.6) is 0 Å². The highest BCUT2D eigenvalue weighted by molar-refractivity contribution is 9.11. The molecule has 3 aliphatic carbocycles. The van der Waals surface area contributed by atoms with E-state index in [4.69, 9.17) is 0 Å². The molecule has 0 heterocycles. The van der Waals surface area contributed by atoms with Crippen LogP contribution in [-0.2, 0) is 0 Å². The first-order chi connectivity index (χ1) is 16.0. The van der Waals surface area contributed by atoms with Gasteiger partial charge in [-0.2, -0.15) is 0 Å². The first-order valence-electron chi connectivity index (χ1n) is 13.7. The van der Waals surface area contributed by atoms with E-state index in [0.29, 0.717) is 5.41 Å². The summed E-state index contributed by atoms with van der Waals surface area (Å²) in [5.74, 6) is 4.07. The van der Waals surface area contributed by atoms with Crippen molar-refractivity contribution in [1.29, 1.82) is 0 Å². The van der Waals surface area contributed by atoms with Gasteiger partial charge in [-0.05, 0) is 112 Å². The molecule has 0 saturated heterocycles. The van der Waals surface area contributed by atoms with Gasteiger partial charge in [0.25, 0.3) is 0 Å². The van der Waals surface area contributed by atoms with Crippen LogP contribution in [-0.4, -0.2) is 0 Å². The number of allylic oxidation sites excluding steroid dienone is 6. The first-order valence-corrected chi connectivity index (χ1v) is 14.5. The summed E-state index contributed by atoms with van der Waals surface area (Å²) in [6, 6.07) is 11.2. The van der Waals surface area contributed by atoms with Gasteiger partial charge in [-0.15, -0.1) is 0 Å². The third-order valence-corrected chi connectivity index (χ3v) is 10.6. The Kier molecular flexibility index (Phi) is 8.42. The fraction of sp³-hybridized carbons (Fsp3) is 0.625. The predicted molar refractivity (Wildman–Crippen MR) is 148 cm³/mol. The van der Waals surface area contributed by atoms with Gasteiger partial charge in [0.1, 0.15) is 0 Å². The fourth-order valence-electron chi connectivity index (χ4n) is 6.85. The van der Waals surface area contributed by atoms with Gasteiger partial charge in [-0.25, -0.2) is 0 Å². The number of fused-ring (bicyclic) bond motifs is 1. The van der Waals surface area contributed by atoms with Crippen LogP contribution < -0.4 is 0 Å². The van der Waals surface area contributed by atoms with E-state index in [1.54, 1.807) is 16.7 Å². The van der Waals surface area contributed by atoms with E-state index in [2.05, 4.69) is 92.2 Å². The quantitative estimate of drug-likeness (QED) is 0.275. The van der Waals surface area contributed by atoms with Crippen molar-refractivity contribution in [1.82, 2.24) is 0 Å². The van der Waals surface area contributed by atoms with Gasteiger partial charge < -0.3 is 0 Å². The average molecular weight is 510 g/mol. The third kappa shape index (κ3) is 5.44. The smallest absolute Gasteiger partial charge is 0.0119 e. The molecule has 0 amide bonds. The van der Waals surface area contributed by atoms with Crippen LogP contribution in [0.25, 0.3) is 0 Å². The van der Waals surface area contributed by atoms with E-state index in [1.165, 1.54) is 68.7 Å². The van der Waals surface area contributed by atoms with Gasteiger partial charge in [0.15, 0.2) is 0 Å². The number of hydrogen-bond donors (Lipinski definition) is 0. The molecule has 180 valence electrons. The number of benzene rings is 1. The van der Waals surface area contributed by atoms with Crippen molar-refractivity contribution in [2.24, 2.45) is 29.1 Å². The molecule has 3 aliphatic rings. The molecule has 0 nitrogen and oxygen atoms in total. The summed E-state index contributed by atoms with van der Waals surface area (Å²) >= 11 is 4.10. The molecule has 0 radical (unpaired) electrons. The Balaban J connectivity index is 1.30. The van der Waals surface area contributed by atoms with E-state index < -0.39 is 0 Å². The minimum absolute atomic E-state index is 0.407. The Morgan fingerprint density at radius 2 is 1.73 bits per heavy atom. The first kappa shape index (κ1) is 25.0. The normalized spacial score (nSPS) is 31.3. The zero-order valence-electron chi connectivity index (χ0n) is 21.5. The Morgan fingerprint density at radius 1 is 1.03 bits per heavy atom. The molecule has 0 bridgehead atoms. The molecule has 1 heteroatoms. The van der Waals surface area contributed by atoms with Crippen molar-refractivity contribution < 1.29 is 0 Å². The lowest BCUT2D eigenvalue weighted by atomic mass is 9.68. The number of rotatable bonds is 10. The standard InChI is InChI=1S/C32H45Br/c1-5-23(2)13-9-6-7-10-16-29-21-31(33)32(22-30(32)24(29)3)25(4)26-17-19-28(20-18-26)27-14-11-8-12-15-27/h6-8,11-12,14-15,21,23,25-26,28,30H,5,9-10,13,16-20,22H2,1-4H3. The maximum absolute atomic E-state index is 4.10. The lowest BCUT2D eigenvalue weighted by Crippen LogP contribution is -2.29. The maximum atomic E-state index is 4.10. The van der Waals surface area contributed by atoms with Crippen LogP contribution in [0.2, 0.25) is 0 Å². The molecule has 0 aromatic heterocycles. The van der Waals surface area contributed by atoms with Gasteiger partial charge in [0, 0.05) is 9.90 Å². The maximum Gasteiger partial charge on any atom is 0.0119 e. The monoisotopic (exact) mass is 508 g/mol. The van der Waals surface area contributed by atoms with E-state index in [1.807, 2.05) is 0 Å². The molecule has 0 N–H and O–H groups in total. The summed E-state index contributed by atoms with van der Waals surface area (Å²) in [5.41, 5.74) is 5.26. The molecule has 0 aliphatic heterocycles. The van der Waals surface area contributed by atoms with Crippen LogP contribution in [0, 0.1) is 29.1 Å². The van der Waals surface area contributed by atoms with Crippen molar-refractivity contribution in [3.05, 3.63) is 69.8 Å².